The quantitative estimate of drug-likeness (QED) is 0.704. The van der Waals surface area contributed by atoms with Gasteiger partial charge in [-0.25, -0.2) is 9.52 Å². The van der Waals surface area contributed by atoms with Crippen molar-refractivity contribution in [1.82, 2.24) is 4.72 Å². The van der Waals surface area contributed by atoms with Crippen LogP contribution in [0, 0.1) is 0 Å². The SMILES string of the molecule is CNS(=O)(=O)Nc1ccc(OC)cc1C(=O)O. The molecule has 0 aliphatic carbocycles. The Labute approximate surface area is 98.6 Å². The highest BCUT2D eigenvalue weighted by atomic mass is 32.2. The van der Waals surface area contributed by atoms with Crippen LogP contribution >= 0.6 is 0 Å². The average molecular weight is 260 g/mol. The number of aromatic carboxylic acids is 1. The fourth-order valence-electron chi connectivity index (χ4n) is 1.11. The lowest BCUT2D eigenvalue weighted by Gasteiger charge is -2.10. The average Bonchev–Trinajstić information content (AvgIpc) is 2.29. The van der Waals surface area contributed by atoms with Crippen LogP contribution in [-0.2, 0) is 10.2 Å². The number of ether oxygens (including phenoxy) is 1. The molecule has 0 aliphatic rings. The lowest BCUT2D eigenvalue weighted by molar-refractivity contribution is 0.0697. The molecule has 0 heterocycles. The molecule has 1 aromatic rings. The van der Waals surface area contributed by atoms with Gasteiger partial charge in [-0.1, -0.05) is 0 Å². The number of hydrogen-bond acceptors (Lipinski definition) is 4. The zero-order valence-electron chi connectivity index (χ0n) is 9.22. The minimum atomic E-state index is -3.75. The fourth-order valence-corrected chi connectivity index (χ4v) is 1.68. The van der Waals surface area contributed by atoms with Gasteiger partial charge in [-0.3, -0.25) is 4.72 Å². The third kappa shape index (κ3) is 3.33. The van der Waals surface area contributed by atoms with Crippen molar-refractivity contribution >= 4 is 21.9 Å². The molecular weight excluding hydrogens is 248 g/mol. The summed E-state index contributed by atoms with van der Waals surface area (Å²) in [5.74, 6) is -0.924. The van der Waals surface area contributed by atoms with E-state index in [0.29, 0.717) is 5.75 Å². The summed E-state index contributed by atoms with van der Waals surface area (Å²) in [7, 11) is -1.15. The van der Waals surface area contributed by atoms with Gasteiger partial charge in [0.15, 0.2) is 0 Å². The number of carboxylic acids is 1. The second kappa shape index (κ2) is 5.02. The second-order valence-corrected chi connectivity index (χ2v) is 4.65. The fraction of sp³-hybridized carbons (Fsp3) is 0.222. The maximum absolute atomic E-state index is 11.3. The van der Waals surface area contributed by atoms with E-state index in [-0.39, 0.29) is 11.3 Å². The van der Waals surface area contributed by atoms with Gasteiger partial charge in [0.05, 0.1) is 18.4 Å². The number of benzene rings is 1. The summed E-state index contributed by atoms with van der Waals surface area (Å²) in [6.45, 7) is 0. The Balaban J connectivity index is 3.20. The van der Waals surface area contributed by atoms with E-state index in [4.69, 9.17) is 9.84 Å². The Bertz CT molecular complexity index is 526. The molecule has 7 nitrogen and oxygen atoms in total. The molecule has 0 aliphatic heterocycles. The summed E-state index contributed by atoms with van der Waals surface area (Å²) in [5.41, 5.74) is -0.226. The molecule has 1 rings (SSSR count). The van der Waals surface area contributed by atoms with Gasteiger partial charge in [0, 0.05) is 7.05 Å². The standard InChI is InChI=1S/C9H12N2O5S/c1-10-17(14,15)11-8-4-3-6(16-2)5-7(8)9(12)13/h3-5,10-11H,1-2H3,(H,12,13). The molecule has 0 radical (unpaired) electrons. The Morgan fingerprint density at radius 3 is 2.53 bits per heavy atom. The molecule has 3 N–H and O–H groups in total. The van der Waals surface area contributed by atoms with Crippen molar-refractivity contribution in [3.63, 3.8) is 0 Å². The monoisotopic (exact) mass is 260 g/mol. The number of nitrogens with one attached hydrogen (secondary N) is 2. The molecule has 8 heteroatoms. The number of rotatable bonds is 5. The van der Waals surface area contributed by atoms with Gasteiger partial charge in [0.25, 0.3) is 10.2 Å². The summed E-state index contributed by atoms with van der Waals surface area (Å²) in [5, 5.41) is 8.94. The van der Waals surface area contributed by atoms with E-state index < -0.39 is 16.2 Å². The third-order valence-electron chi connectivity index (χ3n) is 1.97. The first-order valence-corrected chi connectivity index (χ1v) is 6.00. The van der Waals surface area contributed by atoms with Crippen molar-refractivity contribution in [3.8, 4) is 5.75 Å². The van der Waals surface area contributed by atoms with Crippen LogP contribution in [0.4, 0.5) is 5.69 Å². The molecule has 0 saturated heterocycles. The smallest absolute Gasteiger partial charge is 0.337 e. The first-order valence-electron chi connectivity index (χ1n) is 4.52. The molecule has 0 saturated carbocycles. The van der Waals surface area contributed by atoms with Gasteiger partial charge in [-0.05, 0) is 18.2 Å². The van der Waals surface area contributed by atoms with Crippen LogP contribution < -0.4 is 14.2 Å². The van der Waals surface area contributed by atoms with Gasteiger partial charge in [-0.2, -0.15) is 8.42 Å². The summed E-state index contributed by atoms with van der Waals surface area (Å²) in [6.07, 6.45) is 0. The lowest BCUT2D eigenvalue weighted by Crippen LogP contribution is -2.27. The van der Waals surface area contributed by atoms with Gasteiger partial charge >= 0.3 is 5.97 Å². The van der Waals surface area contributed by atoms with E-state index >= 15 is 0 Å². The van der Waals surface area contributed by atoms with Crippen LogP contribution in [-0.4, -0.2) is 33.7 Å². The summed E-state index contributed by atoms with van der Waals surface area (Å²) >= 11 is 0. The summed E-state index contributed by atoms with van der Waals surface area (Å²) < 4.78 is 31.5. The highest BCUT2D eigenvalue weighted by Crippen LogP contribution is 2.22. The largest absolute Gasteiger partial charge is 0.497 e. The third-order valence-corrected chi connectivity index (χ3v) is 3.00. The first-order chi connectivity index (χ1) is 7.89. The van der Waals surface area contributed by atoms with Crippen molar-refractivity contribution in [2.45, 2.75) is 0 Å². The van der Waals surface area contributed by atoms with Gasteiger partial charge in [0.1, 0.15) is 5.75 Å². The predicted molar refractivity (Wildman–Crippen MR) is 61.6 cm³/mol. The minimum Gasteiger partial charge on any atom is -0.497 e. The minimum absolute atomic E-state index is 0.0346. The molecule has 1 aromatic carbocycles. The molecule has 0 spiro atoms. The number of hydrogen-bond donors (Lipinski definition) is 3. The van der Waals surface area contributed by atoms with Gasteiger partial charge in [-0.15, -0.1) is 0 Å². The molecule has 0 atom stereocenters. The van der Waals surface area contributed by atoms with Crippen molar-refractivity contribution < 1.29 is 23.1 Å². The molecule has 0 fully saturated rings. The van der Waals surface area contributed by atoms with Crippen molar-refractivity contribution in [2.24, 2.45) is 0 Å². The Hall–Kier alpha value is -1.80. The molecule has 17 heavy (non-hydrogen) atoms. The van der Waals surface area contributed by atoms with Gasteiger partial charge in [0.2, 0.25) is 0 Å². The van der Waals surface area contributed by atoms with Crippen LogP contribution in [0.25, 0.3) is 0 Å². The van der Waals surface area contributed by atoms with E-state index in [1.54, 1.807) is 0 Å². The van der Waals surface area contributed by atoms with Crippen molar-refractivity contribution in [1.29, 1.82) is 0 Å². The number of carbonyl (C=O) groups is 1. The lowest BCUT2D eigenvalue weighted by atomic mass is 10.2. The zero-order valence-corrected chi connectivity index (χ0v) is 10.0. The normalized spacial score (nSPS) is 10.9. The van der Waals surface area contributed by atoms with Crippen LogP contribution in [0.3, 0.4) is 0 Å². The topological polar surface area (TPSA) is 105 Å². The molecule has 94 valence electrons. The first kappa shape index (κ1) is 13.3. The Morgan fingerprint density at radius 1 is 1.41 bits per heavy atom. The molecular formula is C9H12N2O5S. The van der Waals surface area contributed by atoms with Crippen molar-refractivity contribution in [2.75, 3.05) is 18.9 Å². The highest BCUT2D eigenvalue weighted by Gasteiger charge is 2.15. The van der Waals surface area contributed by atoms with Crippen LogP contribution in [0.2, 0.25) is 0 Å². The second-order valence-electron chi connectivity index (χ2n) is 3.03. The van der Waals surface area contributed by atoms with E-state index in [1.165, 1.54) is 32.4 Å². The van der Waals surface area contributed by atoms with Crippen molar-refractivity contribution in [3.05, 3.63) is 23.8 Å². The molecule has 0 amide bonds. The molecule has 0 bridgehead atoms. The zero-order chi connectivity index (χ0) is 13.1. The van der Waals surface area contributed by atoms with Crippen LogP contribution in [0.5, 0.6) is 5.75 Å². The van der Waals surface area contributed by atoms with E-state index in [2.05, 4.69) is 4.72 Å². The van der Waals surface area contributed by atoms with E-state index in [0.717, 1.165) is 0 Å². The Morgan fingerprint density at radius 2 is 2.06 bits per heavy atom. The maximum Gasteiger partial charge on any atom is 0.337 e. The van der Waals surface area contributed by atoms with Crippen LogP contribution in [0.1, 0.15) is 10.4 Å². The predicted octanol–water partition coefficient (Wildman–Crippen LogP) is 0.269. The van der Waals surface area contributed by atoms with Crippen LogP contribution in [0.15, 0.2) is 18.2 Å². The van der Waals surface area contributed by atoms with E-state index in [9.17, 15) is 13.2 Å². The molecule has 0 unspecified atom stereocenters. The molecule has 0 aromatic heterocycles. The number of carboxylic acid groups (broad SMARTS) is 1. The number of methoxy groups -OCH3 is 1. The maximum atomic E-state index is 11.3. The summed E-state index contributed by atoms with van der Waals surface area (Å²) in [6, 6.07) is 4.01. The Kier molecular flexibility index (Phi) is 3.92. The van der Waals surface area contributed by atoms with Gasteiger partial charge < -0.3 is 9.84 Å². The van der Waals surface area contributed by atoms with E-state index in [1.807, 2.05) is 4.72 Å². The number of anilines is 1. The summed E-state index contributed by atoms with van der Waals surface area (Å²) in [4.78, 5) is 11.0. The highest BCUT2D eigenvalue weighted by molar-refractivity contribution is 7.90.